The number of fused-ring (bicyclic) bond motifs is 12. The van der Waals surface area contributed by atoms with Crippen LogP contribution in [0, 0.1) is 29.6 Å². The van der Waals surface area contributed by atoms with Crippen LogP contribution in [0.15, 0.2) is 72.8 Å². The van der Waals surface area contributed by atoms with Gasteiger partial charge in [0.25, 0.3) is 0 Å². The molecule has 31 nitrogen and oxygen atoms in total. The lowest BCUT2D eigenvalue weighted by Crippen LogP contribution is -2.60. The lowest BCUT2D eigenvalue weighted by atomic mass is 9.54. The van der Waals surface area contributed by atoms with Crippen LogP contribution >= 0.6 is 23.2 Å². The number of nitrogens with two attached hydrogens (primary N) is 2. The van der Waals surface area contributed by atoms with E-state index >= 15 is 24.0 Å². The van der Waals surface area contributed by atoms with E-state index in [9.17, 15) is 55.2 Å². The number of halogens is 2. The van der Waals surface area contributed by atoms with Crippen LogP contribution in [0.25, 0.3) is 11.1 Å². The van der Waals surface area contributed by atoms with E-state index in [1.807, 2.05) is 13.8 Å². The van der Waals surface area contributed by atoms with Crippen molar-refractivity contribution in [2.45, 2.75) is 195 Å². The van der Waals surface area contributed by atoms with E-state index in [2.05, 4.69) is 54.8 Å². The molecule has 6 aliphatic heterocycles. The van der Waals surface area contributed by atoms with E-state index in [0.29, 0.717) is 18.4 Å². The second-order valence-corrected chi connectivity index (χ2v) is 31.4. The van der Waals surface area contributed by atoms with Gasteiger partial charge >= 0.3 is 0 Å². The van der Waals surface area contributed by atoms with Gasteiger partial charge in [-0.15, -0.1) is 0 Å². The summed E-state index contributed by atoms with van der Waals surface area (Å²) in [5.41, 5.74) is 10.2. The number of carbonyl (C=O) groups is 8. The lowest BCUT2D eigenvalue weighted by Gasteiger charge is -2.54. The number of benzene rings is 5. The van der Waals surface area contributed by atoms with E-state index in [1.165, 1.54) is 67.7 Å². The number of aliphatic hydroxyl groups excluding tert-OH is 5. The van der Waals surface area contributed by atoms with Crippen LogP contribution in [0.3, 0.4) is 0 Å². The number of carbonyl (C=O) groups excluding carboxylic acids is 8. The van der Waals surface area contributed by atoms with Crippen molar-refractivity contribution in [2.75, 3.05) is 20.1 Å². The first-order valence-corrected chi connectivity index (χ1v) is 38.0. The molecule has 16 rings (SSSR count). The van der Waals surface area contributed by atoms with Gasteiger partial charge in [0.05, 0.1) is 22.5 Å². The van der Waals surface area contributed by atoms with Crippen molar-refractivity contribution in [2.24, 2.45) is 41.1 Å². The van der Waals surface area contributed by atoms with E-state index in [1.54, 1.807) is 0 Å². The molecule has 5 aromatic carbocycles. The van der Waals surface area contributed by atoms with Gasteiger partial charge in [0.1, 0.15) is 90.1 Å². The van der Waals surface area contributed by atoms with Gasteiger partial charge in [-0.25, -0.2) is 0 Å². The van der Waals surface area contributed by atoms with Gasteiger partial charge in [0, 0.05) is 35.8 Å². The first-order valence-electron chi connectivity index (χ1n) is 37.3. The van der Waals surface area contributed by atoms with E-state index < -0.39 is 180 Å². The Morgan fingerprint density at radius 3 is 1.91 bits per heavy atom. The first kappa shape index (κ1) is 79.3. The van der Waals surface area contributed by atoms with Crippen molar-refractivity contribution in [3.8, 4) is 45.6 Å². The molecule has 1 saturated heterocycles. The van der Waals surface area contributed by atoms with Crippen LogP contribution in [0.5, 0.6) is 34.5 Å². The minimum absolute atomic E-state index is 0.00126. The summed E-state index contributed by atoms with van der Waals surface area (Å²) >= 11 is 14.2. The summed E-state index contributed by atoms with van der Waals surface area (Å²) in [6.45, 7) is 5.60. The monoisotopic (exact) mass is 1560 g/mol. The van der Waals surface area contributed by atoms with Crippen molar-refractivity contribution in [1.82, 2.24) is 47.9 Å². The summed E-state index contributed by atoms with van der Waals surface area (Å²) in [7, 11) is 1.50. The Hall–Kier alpha value is -8.80. The third-order valence-electron chi connectivity index (χ3n) is 22.6. The predicted molar refractivity (Wildman–Crippen MR) is 394 cm³/mol. The fourth-order valence-corrected chi connectivity index (χ4v) is 17.6. The zero-order valence-corrected chi connectivity index (χ0v) is 62.3. The number of likely N-dealkylation sites (N-methyl/N-ethyl adjacent to an activating group) is 1. The summed E-state index contributed by atoms with van der Waals surface area (Å²) in [6.07, 6.45) is -6.12. The molecule has 0 aromatic heterocycles. The molecule has 14 atom stereocenters. The fourth-order valence-electron chi connectivity index (χ4n) is 17.2. The Balaban J connectivity index is 1.01. The first-order chi connectivity index (χ1) is 52.4. The minimum Gasteiger partial charge on any atom is -0.508 e. The quantitative estimate of drug-likeness (QED) is 0.0417. The van der Waals surface area contributed by atoms with Crippen molar-refractivity contribution in [3.05, 3.63) is 127 Å². The largest absolute Gasteiger partial charge is 0.508 e. The molecular formula is C77H93Cl2N11O20. The number of phenolic OH excluding ortho intramolecular Hbond substituents is 1. The van der Waals surface area contributed by atoms with Crippen LogP contribution in [-0.2, 0) is 55.4 Å². The second kappa shape index (κ2) is 32.5. The van der Waals surface area contributed by atoms with Gasteiger partial charge < -0.3 is 119 Å². The molecule has 5 aromatic rings. The standard InChI is InChI=1S/C77H93Cl2N11O20/c1-5-6-7-8-15-83-30-42-48(91)27-41-55-40-22-34(9-12-43(40)77(105,106)56(42)55)58-71(100)90-62(75(104)88-60(41)73(102)85-57-37-18-32-17-33(20-37)21-38(57)19-32)64(94)36-11-14-50(45(79)24-36)108-52-26-39-25-51(68(52)110-76-67(97)66(96)65(95)53(29-80)109-76)107-49-13-10-35(23-44(49)78)63(93)61(89-69(98)46(82-4)16-31(2)3)74(103)84-47(28-54(81)92)70(99)86-59(39)72(101)87-58/h9-14,22-27,31-33,37-38,46-47,53,57-67,76,82-83,91,93-97,105-106H,5-8,15-21,28-30,80H2,1-4H3,(H2,81,92)(H,84,103)(H,85,102)(H,86,99)(H,87,101)(H,88,104)(H,89,98)(H,90,100)/t32?,33?,37?,38?,46?,47?,53?,57?,58?,59?,60-,61?,62?,63?,64?,65?,66?,67?,76?/m0/s1. The zero-order chi connectivity index (χ0) is 78.6. The Bertz CT molecular complexity index is 4410. The minimum atomic E-state index is -2.99. The maximum absolute atomic E-state index is 16.3. The summed E-state index contributed by atoms with van der Waals surface area (Å²) in [6, 6.07) is 0.791. The van der Waals surface area contributed by atoms with Crippen molar-refractivity contribution < 1.29 is 98.2 Å². The van der Waals surface area contributed by atoms with Gasteiger partial charge in [0.15, 0.2) is 11.5 Å². The molecule has 13 unspecified atom stereocenters. The van der Waals surface area contributed by atoms with Crippen molar-refractivity contribution in [1.29, 1.82) is 0 Å². The Kier molecular flexibility index (Phi) is 23.4. The molecule has 15 bridgehead atoms. The van der Waals surface area contributed by atoms with Crippen LogP contribution in [0.4, 0.5) is 0 Å². The highest BCUT2D eigenvalue weighted by Gasteiger charge is 2.53. The molecular weight excluding hydrogens is 1470 g/mol. The molecule has 4 saturated carbocycles. The SMILES string of the molecule is CCCCCCNCc1c(O)cc2c3c1C(O)(O)c1ccc(cc1-3)C1NC(=O)C3NC(=O)C(CC(N)=O)NC(=O)C(NC(=O)C(CC(C)C)NC)C(O)c4ccc(c(Cl)c4)Oc4cc3cc(c4OC3OC(CN)C(O)C(O)C3O)Oc3ccc(cc3Cl)C(O)C(NC1=O)C(=O)N[C@@H]2C(=O)NC1C2CC3CC(C2)CC1C3. The van der Waals surface area contributed by atoms with Crippen molar-refractivity contribution >= 4 is 70.5 Å². The number of unbranched alkanes of at least 4 members (excludes halogenated alkanes) is 3. The van der Waals surface area contributed by atoms with Gasteiger partial charge in [-0.3, -0.25) is 38.4 Å². The smallest absolute Gasteiger partial charge is 0.248 e. The molecule has 5 fully saturated rings. The van der Waals surface area contributed by atoms with Crippen molar-refractivity contribution in [3.63, 3.8) is 0 Å². The van der Waals surface area contributed by atoms with Crippen LogP contribution in [-0.4, -0.2) is 169 Å². The van der Waals surface area contributed by atoms with Gasteiger partial charge in [-0.2, -0.15) is 0 Å². The van der Waals surface area contributed by atoms with E-state index in [-0.39, 0.29) is 108 Å². The normalized spacial score (nSPS) is 29.5. The summed E-state index contributed by atoms with van der Waals surface area (Å²) in [5.74, 6) is -13.9. The van der Waals surface area contributed by atoms with Crippen LogP contribution in [0.2, 0.25) is 10.0 Å². The van der Waals surface area contributed by atoms with E-state index in [0.717, 1.165) is 69.9 Å². The molecule has 21 N–H and O–H groups in total. The van der Waals surface area contributed by atoms with Gasteiger partial charge in [0.2, 0.25) is 65.1 Å². The number of phenols is 1. The van der Waals surface area contributed by atoms with Gasteiger partial charge in [-0.05, 0) is 176 Å². The highest BCUT2D eigenvalue weighted by molar-refractivity contribution is 6.32. The maximum atomic E-state index is 16.3. The number of aromatic hydroxyl groups is 1. The average molecular weight is 1560 g/mol. The summed E-state index contributed by atoms with van der Waals surface area (Å²) < 4.78 is 25.6. The second-order valence-electron chi connectivity index (χ2n) is 30.6. The molecule has 590 valence electrons. The number of ether oxygens (including phenoxy) is 4. The predicted octanol–water partition coefficient (Wildman–Crippen LogP) is 2.45. The Morgan fingerprint density at radius 1 is 0.682 bits per heavy atom. The molecule has 6 heterocycles. The third-order valence-corrected chi connectivity index (χ3v) is 23.2. The Labute approximate surface area is 642 Å². The number of hydrogen-bond donors (Lipinski definition) is 19. The highest BCUT2D eigenvalue weighted by Crippen LogP contribution is 2.56. The maximum Gasteiger partial charge on any atom is 0.248 e. The average Bonchev–Trinajstić information content (AvgIpc) is 1.54. The molecule has 33 heteroatoms. The van der Waals surface area contributed by atoms with Gasteiger partial charge in [-0.1, -0.05) is 87.5 Å². The summed E-state index contributed by atoms with van der Waals surface area (Å²) in [5, 5.41) is 121. The number of amides is 8. The third kappa shape index (κ3) is 15.8. The summed E-state index contributed by atoms with van der Waals surface area (Å²) in [4.78, 5) is 122. The van der Waals surface area contributed by atoms with E-state index in [4.69, 9.17) is 53.6 Å². The lowest BCUT2D eigenvalue weighted by molar-refractivity contribution is -0.270. The molecule has 110 heavy (non-hydrogen) atoms. The molecule has 8 amide bonds. The number of rotatable bonds is 19. The van der Waals surface area contributed by atoms with Crippen LogP contribution < -0.4 is 73.5 Å². The molecule has 0 radical (unpaired) electrons. The highest BCUT2D eigenvalue weighted by atomic mass is 35.5. The number of aliphatic hydroxyl groups is 7. The Morgan fingerprint density at radius 2 is 1.30 bits per heavy atom. The molecule has 5 aliphatic carbocycles. The number of primary amides is 1. The number of nitrogens with one attached hydrogen (secondary N) is 9. The zero-order valence-electron chi connectivity index (χ0n) is 60.8. The van der Waals surface area contributed by atoms with Crippen LogP contribution in [0.1, 0.15) is 166 Å². The fraction of sp³-hybridized carbons (Fsp3) is 0.506. The topological polar surface area (TPSA) is 496 Å². The molecule has 0 spiro atoms. The number of hydrogen-bond acceptors (Lipinski definition) is 23. The molecule has 11 aliphatic rings.